The van der Waals surface area contributed by atoms with Gasteiger partial charge in [-0.2, -0.15) is 0 Å². The second-order valence-corrected chi connectivity index (χ2v) is 6.16. The van der Waals surface area contributed by atoms with Crippen molar-refractivity contribution in [3.8, 4) is 5.75 Å². The Morgan fingerprint density at radius 2 is 1.79 bits per heavy atom. The lowest BCUT2D eigenvalue weighted by molar-refractivity contribution is 0.280. The first-order chi connectivity index (χ1) is 11.0. The van der Waals surface area contributed by atoms with Crippen molar-refractivity contribution < 1.29 is 4.74 Å². The minimum atomic E-state index is 0. The zero-order chi connectivity index (χ0) is 16.7. The van der Waals surface area contributed by atoms with Crippen molar-refractivity contribution in [2.75, 3.05) is 27.2 Å². The minimum Gasteiger partial charge on any atom is -0.491 e. The molecule has 0 aliphatic rings. The van der Waals surface area contributed by atoms with Crippen LogP contribution in [0.1, 0.15) is 23.4 Å². The van der Waals surface area contributed by atoms with Gasteiger partial charge in [-0.1, -0.05) is 29.8 Å². The van der Waals surface area contributed by atoms with Crippen molar-refractivity contribution in [3.05, 3.63) is 58.4 Å². The van der Waals surface area contributed by atoms with Gasteiger partial charge in [0.15, 0.2) is 0 Å². The standard InChI is InChI=1S/C19H23ClN2O.ClH/c1-15-5-12-19(23-14-4-13-22(2)3)18(21-15)11-8-16-6-9-17(20)10-7-16;/h5-12H,4,13-14H2,1-3H3;1H. The maximum atomic E-state index is 5.91. The summed E-state index contributed by atoms with van der Waals surface area (Å²) in [5, 5.41) is 0.737. The Hall–Kier alpha value is -1.55. The van der Waals surface area contributed by atoms with E-state index in [9.17, 15) is 0 Å². The molecule has 0 atom stereocenters. The Morgan fingerprint density at radius 1 is 1.08 bits per heavy atom. The normalized spacial score (nSPS) is 10.9. The molecular formula is C19H24Cl2N2O. The van der Waals surface area contributed by atoms with Crippen molar-refractivity contribution in [2.45, 2.75) is 13.3 Å². The predicted octanol–water partition coefficient (Wildman–Crippen LogP) is 4.97. The molecule has 1 aromatic carbocycles. The quantitative estimate of drug-likeness (QED) is 0.647. The number of halogens is 2. The lowest BCUT2D eigenvalue weighted by Crippen LogP contribution is -2.15. The van der Waals surface area contributed by atoms with Crippen molar-refractivity contribution in [1.82, 2.24) is 9.88 Å². The number of hydrogen-bond donors (Lipinski definition) is 0. The Kier molecular flexibility index (Phi) is 8.83. The molecule has 0 aliphatic heterocycles. The summed E-state index contributed by atoms with van der Waals surface area (Å²) in [7, 11) is 4.13. The van der Waals surface area contributed by atoms with Crippen LogP contribution in [-0.2, 0) is 0 Å². The van der Waals surface area contributed by atoms with Gasteiger partial charge in [-0.25, -0.2) is 4.98 Å². The first-order valence-corrected chi connectivity index (χ1v) is 8.11. The second kappa shape index (κ2) is 10.3. The molecule has 0 aliphatic carbocycles. The zero-order valence-corrected chi connectivity index (χ0v) is 15.9. The molecule has 24 heavy (non-hydrogen) atoms. The molecule has 0 amide bonds. The highest BCUT2D eigenvalue weighted by Crippen LogP contribution is 2.20. The van der Waals surface area contributed by atoms with E-state index in [0.29, 0.717) is 6.61 Å². The van der Waals surface area contributed by atoms with E-state index in [0.717, 1.165) is 40.7 Å². The number of ether oxygens (including phenoxy) is 1. The van der Waals surface area contributed by atoms with Crippen LogP contribution in [0.2, 0.25) is 5.02 Å². The summed E-state index contributed by atoms with van der Waals surface area (Å²) in [6.07, 6.45) is 4.99. The fraction of sp³-hybridized carbons (Fsp3) is 0.316. The molecule has 0 unspecified atom stereocenters. The molecule has 130 valence electrons. The summed E-state index contributed by atoms with van der Waals surface area (Å²) in [5.74, 6) is 0.819. The van der Waals surface area contributed by atoms with E-state index in [1.165, 1.54) is 0 Å². The van der Waals surface area contributed by atoms with Crippen LogP contribution < -0.4 is 4.74 Å². The maximum absolute atomic E-state index is 5.91. The van der Waals surface area contributed by atoms with Crippen LogP contribution in [0.25, 0.3) is 12.2 Å². The molecule has 5 heteroatoms. The average Bonchev–Trinajstić information content (AvgIpc) is 2.52. The van der Waals surface area contributed by atoms with E-state index >= 15 is 0 Å². The van der Waals surface area contributed by atoms with Gasteiger partial charge in [0, 0.05) is 17.3 Å². The van der Waals surface area contributed by atoms with Gasteiger partial charge in [-0.15, -0.1) is 12.4 Å². The summed E-state index contributed by atoms with van der Waals surface area (Å²) in [6.45, 7) is 3.68. The predicted molar refractivity (Wildman–Crippen MR) is 105 cm³/mol. The molecule has 0 radical (unpaired) electrons. The Bertz CT molecular complexity index is 655. The molecule has 0 saturated heterocycles. The van der Waals surface area contributed by atoms with Crippen molar-refractivity contribution in [1.29, 1.82) is 0 Å². The smallest absolute Gasteiger partial charge is 0.144 e. The number of rotatable bonds is 7. The number of benzene rings is 1. The van der Waals surface area contributed by atoms with Crippen LogP contribution in [0.15, 0.2) is 36.4 Å². The zero-order valence-electron chi connectivity index (χ0n) is 14.3. The maximum Gasteiger partial charge on any atom is 0.144 e. The molecule has 1 aromatic heterocycles. The first kappa shape index (κ1) is 20.5. The van der Waals surface area contributed by atoms with Gasteiger partial charge < -0.3 is 9.64 Å². The van der Waals surface area contributed by atoms with Gasteiger partial charge in [0.25, 0.3) is 0 Å². The van der Waals surface area contributed by atoms with Crippen LogP contribution >= 0.6 is 24.0 Å². The van der Waals surface area contributed by atoms with E-state index in [-0.39, 0.29) is 12.4 Å². The van der Waals surface area contributed by atoms with Gasteiger partial charge in [0.2, 0.25) is 0 Å². The Labute approximate surface area is 155 Å². The molecule has 2 aromatic rings. The monoisotopic (exact) mass is 366 g/mol. The summed E-state index contributed by atoms with van der Waals surface area (Å²) in [4.78, 5) is 6.72. The molecule has 0 bridgehead atoms. The molecular weight excluding hydrogens is 343 g/mol. The van der Waals surface area contributed by atoms with Gasteiger partial charge in [-0.3, -0.25) is 0 Å². The second-order valence-electron chi connectivity index (χ2n) is 5.73. The fourth-order valence-electron chi connectivity index (χ4n) is 2.12. The SMILES string of the molecule is Cc1ccc(OCCCN(C)C)c(C=Cc2ccc(Cl)cc2)n1.Cl. The molecule has 2 rings (SSSR count). The number of aromatic nitrogens is 1. The topological polar surface area (TPSA) is 25.4 Å². The van der Waals surface area contributed by atoms with E-state index < -0.39 is 0 Å². The lowest BCUT2D eigenvalue weighted by Gasteiger charge is -2.12. The van der Waals surface area contributed by atoms with Gasteiger partial charge >= 0.3 is 0 Å². The molecule has 0 saturated carbocycles. The molecule has 0 fully saturated rings. The highest BCUT2D eigenvalue weighted by molar-refractivity contribution is 6.30. The Morgan fingerprint density at radius 3 is 2.46 bits per heavy atom. The van der Waals surface area contributed by atoms with Crippen LogP contribution in [-0.4, -0.2) is 37.1 Å². The van der Waals surface area contributed by atoms with Crippen LogP contribution in [0.5, 0.6) is 5.75 Å². The summed E-state index contributed by atoms with van der Waals surface area (Å²) in [5.41, 5.74) is 2.91. The molecule has 0 N–H and O–H groups in total. The highest BCUT2D eigenvalue weighted by Gasteiger charge is 2.03. The van der Waals surface area contributed by atoms with Crippen LogP contribution in [0.3, 0.4) is 0 Å². The van der Waals surface area contributed by atoms with Crippen LogP contribution in [0, 0.1) is 6.92 Å². The molecule has 3 nitrogen and oxygen atoms in total. The number of aryl methyl sites for hydroxylation is 1. The third kappa shape index (κ3) is 6.91. The van der Waals surface area contributed by atoms with E-state index in [2.05, 4.69) is 24.0 Å². The third-order valence-electron chi connectivity index (χ3n) is 3.34. The number of nitrogens with zero attached hydrogens (tertiary/aromatic N) is 2. The number of pyridine rings is 1. The van der Waals surface area contributed by atoms with Crippen molar-refractivity contribution in [2.24, 2.45) is 0 Å². The highest BCUT2D eigenvalue weighted by atomic mass is 35.5. The minimum absolute atomic E-state index is 0. The largest absolute Gasteiger partial charge is 0.491 e. The summed E-state index contributed by atoms with van der Waals surface area (Å²) in [6, 6.07) is 11.7. The molecule has 1 heterocycles. The van der Waals surface area contributed by atoms with Crippen molar-refractivity contribution >= 4 is 36.2 Å². The van der Waals surface area contributed by atoms with Gasteiger partial charge in [-0.05, 0) is 63.3 Å². The van der Waals surface area contributed by atoms with E-state index in [4.69, 9.17) is 16.3 Å². The first-order valence-electron chi connectivity index (χ1n) is 7.73. The fourth-order valence-corrected chi connectivity index (χ4v) is 2.24. The van der Waals surface area contributed by atoms with Crippen molar-refractivity contribution in [3.63, 3.8) is 0 Å². The van der Waals surface area contributed by atoms with Gasteiger partial charge in [0.1, 0.15) is 11.4 Å². The summed E-state index contributed by atoms with van der Waals surface area (Å²) < 4.78 is 5.89. The van der Waals surface area contributed by atoms with E-state index in [1.807, 2.05) is 55.5 Å². The number of hydrogen-bond acceptors (Lipinski definition) is 3. The lowest BCUT2D eigenvalue weighted by atomic mass is 10.2. The average molecular weight is 367 g/mol. The summed E-state index contributed by atoms with van der Waals surface area (Å²) >= 11 is 5.91. The van der Waals surface area contributed by atoms with Crippen LogP contribution in [0.4, 0.5) is 0 Å². The third-order valence-corrected chi connectivity index (χ3v) is 3.59. The Balaban J connectivity index is 0.00000288. The molecule has 0 spiro atoms. The van der Waals surface area contributed by atoms with Gasteiger partial charge in [0.05, 0.1) is 6.61 Å². The van der Waals surface area contributed by atoms with E-state index in [1.54, 1.807) is 0 Å².